The zero-order valence-corrected chi connectivity index (χ0v) is 11.8. The number of nitrogens with one attached hydrogen (secondary N) is 1. The second-order valence-corrected chi connectivity index (χ2v) is 5.01. The Labute approximate surface area is 123 Å². The van der Waals surface area contributed by atoms with Gasteiger partial charge in [0.25, 0.3) is 0 Å². The fourth-order valence-corrected chi connectivity index (χ4v) is 2.31. The zero-order chi connectivity index (χ0) is 14.4. The largest absolute Gasteiger partial charge is 0.369 e. The van der Waals surface area contributed by atoms with Gasteiger partial charge < -0.3 is 11.1 Å². The van der Waals surface area contributed by atoms with Gasteiger partial charge in [0.1, 0.15) is 0 Å². The number of rotatable bonds is 6. The van der Waals surface area contributed by atoms with E-state index in [0.29, 0.717) is 6.42 Å². The van der Waals surface area contributed by atoms with E-state index in [9.17, 15) is 4.79 Å². The van der Waals surface area contributed by atoms with E-state index in [2.05, 4.69) is 5.32 Å². The number of carbonyl (C=O) groups excluding carboxylic acids is 1. The van der Waals surface area contributed by atoms with E-state index in [4.69, 9.17) is 17.3 Å². The molecular formula is C16H17ClN2O. The van der Waals surface area contributed by atoms with Gasteiger partial charge in [0.05, 0.1) is 6.54 Å². The molecule has 3 N–H and O–H groups in total. The molecular weight excluding hydrogens is 272 g/mol. The first kappa shape index (κ1) is 14.6. The Morgan fingerprint density at radius 1 is 1.10 bits per heavy atom. The fraction of sp³-hybridized carbons (Fsp3) is 0.188. The summed E-state index contributed by atoms with van der Waals surface area (Å²) in [6.07, 6.45) is 0.705. The minimum atomic E-state index is -0.370. The topological polar surface area (TPSA) is 55.1 Å². The maximum absolute atomic E-state index is 11.0. The van der Waals surface area contributed by atoms with Crippen molar-refractivity contribution >= 4 is 17.5 Å². The SMILES string of the molecule is NC(=O)CN[C@H](Cc1ccccc1Cl)c1ccccc1. The predicted molar refractivity (Wildman–Crippen MR) is 81.5 cm³/mol. The number of carbonyl (C=O) groups is 1. The number of halogens is 1. The number of benzene rings is 2. The highest BCUT2D eigenvalue weighted by molar-refractivity contribution is 6.31. The molecule has 2 rings (SSSR count). The molecule has 4 heteroatoms. The van der Waals surface area contributed by atoms with Gasteiger partial charge in [0.15, 0.2) is 0 Å². The second kappa shape index (κ2) is 7.08. The van der Waals surface area contributed by atoms with Gasteiger partial charge in [0.2, 0.25) is 5.91 Å². The molecule has 0 aromatic heterocycles. The third kappa shape index (κ3) is 4.08. The third-order valence-electron chi connectivity index (χ3n) is 3.11. The van der Waals surface area contributed by atoms with Crippen LogP contribution < -0.4 is 11.1 Å². The maximum Gasteiger partial charge on any atom is 0.231 e. The van der Waals surface area contributed by atoms with Crippen LogP contribution >= 0.6 is 11.6 Å². The summed E-state index contributed by atoms with van der Waals surface area (Å²) in [5.41, 5.74) is 7.36. The molecule has 20 heavy (non-hydrogen) atoms. The molecule has 0 saturated carbocycles. The predicted octanol–water partition coefficient (Wildman–Crippen LogP) is 2.70. The molecule has 0 unspecified atom stereocenters. The summed E-state index contributed by atoms with van der Waals surface area (Å²) < 4.78 is 0. The molecule has 0 radical (unpaired) electrons. The second-order valence-electron chi connectivity index (χ2n) is 4.61. The van der Waals surface area contributed by atoms with Crippen molar-refractivity contribution in [2.75, 3.05) is 6.54 Å². The normalized spacial score (nSPS) is 12.1. The quantitative estimate of drug-likeness (QED) is 0.859. The molecule has 0 spiro atoms. The van der Waals surface area contributed by atoms with E-state index in [1.165, 1.54) is 0 Å². The van der Waals surface area contributed by atoms with Crippen LogP contribution in [0.25, 0.3) is 0 Å². The highest BCUT2D eigenvalue weighted by atomic mass is 35.5. The van der Waals surface area contributed by atoms with Gasteiger partial charge in [-0.25, -0.2) is 0 Å². The van der Waals surface area contributed by atoms with Gasteiger partial charge in [-0.3, -0.25) is 4.79 Å². The molecule has 0 aliphatic heterocycles. The van der Waals surface area contributed by atoms with E-state index >= 15 is 0 Å². The van der Waals surface area contributed by atoms with Crippen LogP contribution in [0.15, 0.2) is 54.6 Å². The summed E-state index contributed by atoms with van der Waals surface area (Å²) in [6.45, 7) is 0.143. The third-order valence-corrected chi connectivity index (χ3v) is 3.48. The molecule has 1 amide bonds. The minimum absolute atomic E-state index is 0.00333. The lowest BCUT2D eigenvalue weighted by molar-refractivity contribution is -0.117. The van der Waals surface area contributed by atoms with Crippen molar-refractivity contribution in [2.45, 2.75) is 12.5 Å². The number of hydrogen-bond acceptors (Lipinski definition) is 2. The molecule has 0 aliphatic rings. The van der Waals surface area contributed by atoms with Crippen molar-refractivity contribution in [3.63, 3.8) is 0 Å². The molecule has 0 fully saturated rings. The molecule has 0 saturated heterocycles. The molecule has 3 nitrogen and oxygen atoms in total. The standard InChI is InChI=1S/C16H17ClN2O/c17-14-9-5-4-8-13(14)10-15(19-11-16(18)20)12-6-2-1-3-7-12/h1-9,15,19H,10-11H2,(H2,18,20)/t15-/m1/s1. The van der Waals surface area contributed by atoms with E-state index in [1.54, 1.807) is 0 Å². The van der Waals surface area contributed by atoms with Crippen molar-refractivity contribution < 1.29 is 4.79 Å². The molecule has 0 heterocycles. The summed E-state index contributed by atoms with van der Waals surface area (Å²) in [5.74, 6) is -0.370. The number of hydrogen-bond donors (Lipinski definition) is 2. The summed E-state index contributed by atoms with van der Waals surface area (Å²) in [6, 6.07) is 17.7. The van der Waals surface area contributed by atoms with Gasteiger partial charge in [-0.1, -0.05) is 60.1 Å². The smallest absolute Gasteiger partial charge is 0.231 e. The molecule has 104 valence electrons. The minimum Gasteiger partial charge on any atom is -0.369 e. The van der Waals surface area contributed by atoms with Gasteiger partial charge in [-0.2, -0.15) is 0 Å². The zero-order valence-electron chi connectivity index (χ0n) is 11.1. The summed E-state index contributed by atoms with van der Waals surface area (Å²) in [7, 11) is 0. The van der Waals surface area contributed by atoms with Crippen molar-refractivity contribution in [2.24, 2.45) is 5.73 Å². The van der Waals surface area contributed by atoms with Gasteiger partial charge in [0, 0.05) is 11.1 Å². The fourth-order valence-electron chi connectivity index (χ4n) is 2.10. The average molecular weight is 289 g/mol. The monoisotopic (exact) mass is 288 g/mol. The average Bonchev–Trinajstić information content (AvgIpc) is 2.46. The lowest BCUT2D eigenvalue weighted by Crippen LogP contribution is -2.32. The molecule has 2 aromatic carbocycles. The van der Waals surface area contributed by atoms with Crippen LogP contribution in [0.4, 0.5) is 0 Å². The van der Waals surface area contributed by atoms with E-state index in [0.717, 1.165) is 16.1 Å². The van der Waals surface area contributed by atoms with E-state index < -0.39 is 0 Å². The lowest BCUT2D eigenvalue weighted by atomic mass is 9.99. The van der Waals surface area contributed by atoms with Crippen LogP contribution in [0.2, 0.25) is 5.02 Å². The first-order valence-corrected chi connectivity index (χ1v) is 6.84. The Hall–Kier alpha value is -1.84. The van der Waals surface area contributed by atoms with Crippen molar-refractivity contribution in [3.05, 3.63) is 70.7 Å². The lowest BCUT2D eigenvalue weighted by Gasteiger charge is -2.19. The Morgan fingerprint density at radius 3 is 2.40 bits per heavy atom. The number of primary amides is 1. The highest BCUT2D eigenvalue weighted by Crippen LogP contribution is 2.23. The Bertz CT molecular complexity index is 572. The first-order valence-electron chi connectivity index (χ1n) is 6.47. The van der Waals surface area contributed by atoms with Crippen molar-refractivity contribution in [3.8, 4) is 0 Å². The van der Waals surface area contributed by atoms with Crippen LogP contribution in [0.5, 0.6) is 0 Å². The number of nitrogens with two attached hydrogens (primary N) is 1. The first-order chi connectivity index (χ1) is 9.66. The van der Waals surface area contributed by atoms with Gasteiger partial charge in [-0.05, 0) is 23.6 Å². The molecule has 0 aliphatic carbocycles. The Kier molecular flexibility index (Phi) is 5.16. The molecule has 0 bridgehead atoms. The summed E-state index contributed by atoms with van der Waals surface area (Å²) in [5, 5.41) is 3.91. The number of amides is 1. The van der Waals surface area contributed by atoms with Crippen molar-refractivity contribution in [1.29, 1.82) is 0 Å². The van der Waals surface area contributed by atoms with Crippen LogP contribution in [0.3, 0.4) is 0 Å². The Balaban J connectivity index is 2.18. The van der Waals surface area contributed by atoms with Crippen LogP contribution in [0.1, 0.15) is 17.2 Å². The highest BCUT2D eigenvalue weighted by Gasteiger charge is 2.14. The van der Waals surface area contributed by atoms with Crippen LogP contribution in [-0.4, -0.2) is 12.5 Å². The van der Waals surface area contributed by atoms with Crippen molar-refractivity contribution in [1.82, 2.24) is 5.32 Å². The summed E-state index contributed by atoms with van der Waals surface area (Å²) in [4.78, 5) is 11.0. The summed E-state index contributed by atoms with van der Waals surface area (Å²) >= 11 is 6.20. The van der Waals surface area contributed by atoms with E-state index in [-0.39, 0.29) is 18.5 Å². The maximum atomic E-state index is 11.0. The molecule has 1 atom stereocenters. The Morgan fingerprint density at radius 2 is 1.75 bits per heavy atom. The van der Waals surface area contributed by atoms with Crippen LogP contribution in [-0.2, 0) is 11.2 Å². The van der Waals surface area contributed by atoms with Gasteiger partial charge >= 0.3 is 0 Å². The van der Waals surface area contributed by atoms with Crippen LogP contribution in [0, 0.1) is 0 Å². The molecule has 2 aromatic rings. The van der Waals surface area contributed by atoms with E-state index in [1.807, 2.05) is 54.6 Å². The van der Waals surface area contributed by atoms with Gasteiger partial charge in [-0.15, -0.1) is 0 Å².